The average molecular weight is 260 g/mol. The van der Waals surface area contributed by atoms with Crippen LogP contribution in [0.4, 0.5) is 16.3 Å². The quantitative estimate of drug-likeness (QED) is 0.863. The van der Waals surface area contributed by atoms with E-state index in [1.807, 2.05) is 0 Å². The molecule has 0 radical (unpaired) electrons. The lowest BCUT2D eigenvalue weighted by atomic mass is 10.3. The summed E-state index contributed by atoms with van der Waals surface area (Å²) in [5.74, 6) is 1.91. The summed E-state index contributed by atoms with van der Waals surface area (Å²) >= 11 is 0. The summed E-state index contributed by atoms with van der Waals surface area (Å²) in [6.07, 6.45) is 1.61. The van der Waals surface area contributed by atoms with Gasteiger partial charge in [-0.3, -0.25) is 10.00 Å². The van der Waals surface area contributed by atoms with Crippen LogP contribution in [-0.4, -0.2) is 22.6 Å². The van der Waals surface area contributed by atoms with Crippen LogP contribution >= 0.6 is 0 Å². The van der Waals surface area contributed by atoms with Crippen molar-refractivity contribution in [1.29, 1.82) is 0 Å². The first-order valence-corrected chi connectivity index (χ1v) is 5.68. The van der Waals surface area contributed by atoms with Gasteiger partial charge >= 0.3 is 6.03 Å². The van der Waals surface area contributed by atoms with Crippen molar-refractivity contribution >= 4 is 17.5 Å². The maximum absolute atomic E-state index is 11.8. The van der Waals surface area contributed by atoms with E-state index in [-0.39, 0.29) is 12.8 Å². The first-order valence-electron chi connectivity index (χ1n) is 5.68. The van der Waals surface area contributed by atoms with Gasteiger partial charge in [0, 0.05) is 24.9 Å². The number of anilines is 2. The Morgan fingerprint density at radius 1 is 1.26 bits per heavy atom. The van der Waals surface area contributed by atoms with E-state index in [0.29, 0.717) is 23.0 Å². The van der Waals surface area contributed by atoms with Crippen molar-refractivity contribution in [2.24, 2.45) is 7.05 Å². The molecule has 0 aliphatic carbocycles. The highest BCUT2D eigenvalue weighted by Crippen LogP contribution is 2.34. The lowest BCUT2D eigenvalue weighted by molar-refractivity contribution is 0.174. The predicted molar refractivity (Wildman–Crippen MR) is 68.4 cm³/mol. The SMILES string of the molecule is Cn1nccc1NC(=O)Nc1ccc2c(c1)OCO2. The molecule has 19 heavy (non-hydrogen) atoms. The van der Waals surface area contributed by atoms with Gasteiger partial charge in [-0.1, -0.05) is 0 Å². The van der Waals surface area contributed by atoms with Crippen molar-refractivity contribution in [2.75, 3.05) is 17.4 Å². The first-order chi connectivity index (χ1) is 9.22. The lowest BCUT2D eigenvalue weighted by Crippen LogP contribution is -2.20. The summed E-state index contributed by atoms with van der Waals surface area (Å²) in [7, 11) is 1.75. The molecule has 0 fully saturated rings. The van der Waals surface area contributed by atoms with Crippen LogP contribution in [0, 0.1) is 0 Å². The standard InChI is InChI=1S/C12H12N4O3/c1-16-11(4-5-13-16)15-12(17)14-8-2-3-9-10(6-8)19-7-18-9/h2-6H,7H2,1H3,(H2,14,15,17). The minimum atomic E-state index is -0.345. The van der Waals surface area contributed by atoms with Gasteiger partial charge in [-0.15, -0.1) is 0 Å². The molecule has 2 aromatic rings. The molecule has 1 aromatic carbocycles. The Kier molecular flexibility index (Phi) is 2.71. The minimum Gasteiger partial charge on any atom is -0.454 e. The van der Waals surface area contributed by atoms with Crippen molar-refractivity contribution in [3.8, 4) is 11.5 Å². The Bertz CT molecular complexity index is 623. The Balaban J connectivity index is 1.68. The number of carbonyl (C=O) groups is 1. The van der Waals surface area contributed by atoms with Crippen molar-refractivity contribution in [3.63, 3.8) is 0 Å². The predicted octanol–water partition coefficient (Wildman–Crippen LogP) is 1.79. The fourth-order valence-corrected chi connectivity index (χ4v) is 1.75. The Labute approximate surface area is 109 Å². The Morgan fingerprint density at radius 3 is 2.89 bits per heavy atom. The van der Waals surface area contributed by atoms with E-state index in [2.05, 4.69) is 15.7 Å². The van der Waals surface area contributed by atoms with E-state index in [4.69, 9.17) is 9.47 Å². The number of hydrogen-bond donors (Lipinski definition) is 2. The van der Waals surface area contributed by atoms with Crippen molar-refractivity contribution in [3.05, 3.63) is 30.5 Å². The van der Waals surface area contributed by atoms with Gasteiger partial charge in [0.1, 0.15) is 5.82 Å². The molecule has 1 aliphatic rings. The normalized spacial score (nSPS) is 12.3. The molecule has 3 rings (SSSR count). The molecule has 1 aromatic heterocycles. The second kappa shape index (κ2) is 4.52. The van der Waals surface area contributed by atoms with Crippen LogP contribution in [0.15, 0.2) is 30.5 Å². The van der Waals surface area contributed by atoms with Gasteiger partial charge in [0.25, 0.3) is 0 Å². The third-order valence-corrected chi connectivity index (χ3v) is 2.69. The molecule has 0 spiro atoms. The van der Waals surface area contributed by atoms with Gasteiger partial charge in [0.15, 0.2) is 11.5 Å². The van der Waals surface area contributed by atoms with E-state index in [0.717, 1.165) is 0 Å². The smallest absolute Gasteiger partial charge is 0.324 e. The van der Waals surface area contributed by atoms with Crippen LogP contribution in [-0.2, 0) is 7.05 Å². The highest BCUT2D eigenvalue weighted by molar-refractivity contribution is 5.99. The van der Waals surface area contributed by atoms with E-state index < -0.39 is 0 Å². The van der Waals surface area contributed by atoms with Gasteiger partial charge in [-0.25, -0.2) is 4.79 Å². The number of aryl methyl sites for hydroxylation is 1. The lowest BCUT2D eigenvalue weighted by Gasteiger charge is -2.08. The molecular formula is C12H12N4O3. The second-order valence-corrected chi connectivity index (χ2v) is 3.99. The summed E-state index contributed by atoms with van der Waals surface area (Å²) < 4.78 is 12.0. The molecule has 0 bridgehead atoms. The number of ether oxygens (including phenoxy) is 2. The fourth-order valence-electron chi connectivity index (χ4n) is 1.75. The van der Waals surface area contributed by atoms with Crippen LogP contribution in [0.2, 0.25) is 0 Å². The number of aromatic nitrogens is 2. The molecular weight excluding hydrogens is 248 g/mol. The van der Waals surface area contributed by atoms with Crippen LogP contribution in [0.25, 0.3) is 0 Å². The molecule has 0 saturated carbocycles. The molecule has 98 valence electrons. The first kappa shape index (κ1) is 11.4. The zero-order chi connectivity index (χ0) is 13.2. The largest absolute Gasteiger partial charge is 0.454 e. The topological polar surface area (TPSA) is 77.4 Å². The molecule has 2 N–H and O–H groups in total. The van der Waals surface area contributed by atoms with E-state index in [9.17, 15) is 4.79 Å². The number of nitrogens with one attached hydrogen (secondary N) is 2. The number of fused-ring (bicyclic) bond motifs is 1. The van der Waals surface area contributed by atoms with Gasteiger partial charge in [0.05, 0.1) is 6.20 Å². The molecule has 7 nitrogen and oxygen atoms in total. The number of benzene rings is 1. The highest BCUT2D eigenvalue weighted by atomic mass is 16.7. The number of amides is 2. The molecule has 0 unspecified atom stereocenters. The Hall–Kier alpha value is -2.70. The average Bonchev–Trinajstić information content (AvgIpc) is 2.98. The van der Waals surface area contributed by atoms with Gasteiger partial charge < -0.3 is 14.8 Å². The number of carbonyl (C=O) groups excluding carboxylic acids is 1. The van der Waals surface area contributed by atoms with Crippen molar-refractivity contribution < 1.29 is 14.3 Å². The molecule has 2 amide bonds. The summed E-state index contributed by atoms with van der Waals surface area (Å²) in [5, 5.41) is 9.36. The van der Waals surface area contributed by atoms with Crippen LogP contribution in [0.3, 0.4) is 0 Å². The molecule has 0 saturated heterocycles. The van der Waals surface area contributed by atoms with Crippen molar-refractivity contribution in [2.45, 2.75) is 0 Å². The third-order valence-electron chi connectivity index (χ3n) is 2.69. The summed E-state index contributed by atoms with van der Waals surface area (Å²) in [5.41, 5.74) is 0.629. The number of hydrogen-bond acceptors (Lipinski definition) is 4. The maximum Gasteiger partial charge on any atom is 0.324 e. The fraction of sp³-hybridized carbons (Fsp3) is 0.167. The highest BCUT2D eigenvalue weighted by Gasteiger charge is 2.14. The number of nitrogens with zero attached hydrogens (tertiary/aromatic N) is 2. The second-order valence-electron chi connectivity index (χ2n) is 3.99. The number of urea groups is 1. The van der Waals surface area contributed by atoms with Gasteiger partial charge in [-0.2, -0.15) is 5.10 Å². The summed E-state index contributed by atoms with van der Waals surface area (Å²) in [6, 6.07) is 6.57. The maximum atomic E-state index is 11.8. The van der Waals surface area contributed by atoms with E-state index in [1.165, 1.54) is 0 Å². The zero-order valence-electron chi connectivity index (χ0n) is 10.2. The zero-order valence-corrected chi connectivity index (χ0v) is 10.2. The summed E-state index contributed by atoms with van der Waals surface area (Å²) in [6.45, 7) is 0.208. The molecule has 7 heteroatoms. The monoisotopic (exact) mass is 260 g/mol. The molecule has 2 heterocycles. The van der Waals surface area contributed by atoms with E-state index >= 15 is 0 Å². The van der Waals surface area contributed by atoms with Crippen molar-refractivity contribution in [1.82, 2.24) is 9.78 Å². The Morgan fingerprint density at radius 2 is 2.11 bits per heavy atom. The van der Waals surface area contributed by atoms with Crippen LogP contribution in [0.1, 0.15) is 0 Å². The van der Waals surface area contributed by atoms with Crippen LogP contribution in [0.5, 0.6) is 11.5 Å². The third kappa shape index (κ3) is 2.30. The minimum absolute atomic E-state index is 0.208. The number of rotatable bonds is 2. The molecule has 1 aliphatic heterocycles. The van der Waals surface area contributed by atoms with Gasteiger partial charge in [-0.05, 0) is 12.1 Å². The summed E-state index contributed by atoms with van der Waals surface area (Å²) in [4.78, 5) is 11.8. The molecule has 0 atom stereocenters. The van der Waals surface area contributed by atoms with Crippen LogP contribution < -0.4 is 20.1 Å². The van der Waals surface area contributed by atoms with E-state index in [1.54, 1.807) is 42.2 Å². The van der Waals surface area contributed by atoms with Gasteiger partial charge in [0.2, 0.25) is 6.79 Å².